The monoisotopic (exact) mass is 348 g/mol. The number of rotatable bonds is 5. The van der Waals surface area contributed by atoms with Gasteiger partial charge in [0, 0.05) is 18.8 Å². The first-order valence-corrected chi connectivity index (χ1v) is 8.33. The van der Waals surface area contributed by atoms with E-state index in [2.05, 4.69) is 20.9 Å². The number of pyridine rings is 1. The van der Waals surface area contributed by atoms with E-state index in [0.29, 0.717) is 23.3 Å². The van der Waals surface area contributed by atoms with E-state index in [-0.39, 0.29) is 11.4 Å². The van der Waals surface area contributed by atoms with Crippen LogP contribution in [0, 0.1) is 5.82 Å². The van der Waals surface area contributed by atoms with Crippen molar-refractivity contribution in [3.8, 4) is 5.75 Å². The van der Waals surface area contributed by atoms with E-state index in [1.165, 1.54) is 0 Å². The zero-order chi connectivity index (χ0) is 14.0. The van der Waals surface area contributed by atoms with Crippen molar-refractivity contribution in [3.05, 3.63) is 28.4 Å². The van der Waals surface area contributed by atoms with Crippen LogP contribution < -0.4 is 4.74 Å². The maximum Gasteiger partial charge on any atom is 0.209 e. The third kappa shape index (κ3) is 3.21. The summed E-state index contributed by atoms with van der Waals surface area (Å²) in [5.41, 5.74) is 0.943. The summed E-state index contributed by atoms with van der Waals surface area (Å²) in [7, 11) is 0. The maximum atomic E-state index is 14.2. The summed E-state index contributed by atoms with van der Waals surface area (Å²) in [5, 5.41) is 0. The molecule has 0 bridgehead atoms. The smallest absolute Gasteiger partial charge is 0.209 e. The summed E-state index contributed by atoms with van der Waals surface area (Å²) in [4.78, 5) is 4.22. The van der Waals surface area contributed by atoms with Crippen LogP contribution in [0.1, 0.15) is 12.6 Å². The molecular weight excluding hydrogens is 335 g/mol. The highest BCUT2D eigenvalue weighted by molar-refractivity contribution is 9.10. The Balaban J connectivity index is 2.39. The van der Waals surface area contributed by atoms with E-state index in [1.807, 2.05) is 0 Å². The van der Waals surface area contributed by atoms with Gasteiger partial charge in [0.2, 0.25) is 5.82 Å². The molecule has 0 saturated heterocycles. The van der Waals surface area contributed by atoms with Crippen molar-refractivity contribution in [2.45, 2.75) is 13.3 Å². The SMILES string of the molecule is CCOc1c(Br)cn2cc(CC[S+](C)[O-])nc2c1F. The van der Waals surface area contributed by atoms with Crippen LogP contribution >= 0.6 is 15.9 Å². The number of imidazole rings is 1. The molecular formula is C12H14BrFN2O2S. The van der Waals surface area contributed by atoms with Crippen molar-refractivity contribution in [2.75, 3.05) is 18.6 Å². The Kier molecular flexibility index (Phi) is 4.70. The number of halogens is 2. The van der Waals surface area contributed by atoms with Crippen LogP contribution in [0.25, 0.3) is 5.65 Å². The lowest BCUT2D eigenvalue weighted by molar-refractivity contribution is 0.319. The Morgan fingerprint density at radius 1 is 1.53 bits per heavy atom. The van der Waals surface area contributed by atoms with Crippen LogP contribution in [0.4, 0.5) is 4.39 Å². The molecule has 4 nitrogen and oxygen atoms in total. The fourth-order valence-electron chi connectivity index (χ4n) is 1.74. The van der Waals surface area contributed by atoms with Crippen molar-refractivity contribution in [1.29, 1.82) is 0 Å². The van der Waals surface area contributed by atoms with Crippen molar-refractivity contribution < 1.29 is 13.7 Å². The fraction of sp³-hybridized carbons (Fsp3) is 0.417. The van der Waals surface area contributed by atoms with Crippen LogP contribution in [0.15, 0.2) is 16.9 Å². The predicted molar refractivity (Wildman–Crippen MR) is 76.7 cm³/mol. The average molecular weight is 349 g/mol. The molecule has 0 amide bonds. The zero-order valence-electron chi connectivity index (χ0n) is 10.7. The number of nitrogens with zero attached hydrogens (tertiary/aromatic N) is 2. The Morgan fingerprint density at radius 3 is 2.89 bits per heavy atom. The Bertz CT molecular complexity index is 589. The second-order valence-corrected chi connectivity index (χ2v) is 6.45. The number of aromatic nitrogens is 2. The molecule has 0 radical (unpaired) electrons. The van der Waals surface area contributed by atoms with Gasteiger partial charge in [-0.3, -0.25) is 0 Å². The van der Waals surface area contributed by atoms with Crippen LogP contribution in [0.5, 0.6) is 5.75 Å². The lowest BCUT2D eigenvalue weighted by Gasteiger charge is -2.07. The summed E-state index contributed by atoms with van der Waals surface area (Å²) < 4.78 is 32.7. The van der Waals surface area contributed by atoms with Gasteiger partial charge in [0.05, 0.1) is 23.0 Å². The summed E-state index contributed by atoms with van der Waals surface area (Å²) in [6.07, 6.45) is 5.65. The molecule has 0 N–H and O–H groups in total. The average Bonchev–Trinajstić information content (AvgIpc) is 2.75. The molecule has 19 heavy (non-hydrogen) atoms. The van der Waals surface area contributed by atoms with Gasteiger partial charge in [-0.15, -0.1) is 0 Å². The van der Waals surface area contributed by atoms with E-state index in [1.54, 1.807) is 30.0 Å². The molecule has 7 heteroatoms. The van der Waals surface area contributed by atoms with Gasteiger partial charge in [-0.2, -0.15) is 4.39 Å². The van der Waals surface area contributed by atoms with Crippen molar-refractivity contribution in [2.24, 2.45) is 0 Å². The molecule has 0 aromatic carbocycles. The highest BCUT2D eigenvalue weighted by Gasteiger charge is 2.16. The van der Waals surface area contributed by atoms with Crippen molar-refractivity contribution >= 4 is 32.8 Å². The van der Waals surface area contributed by atoms with Crippen LogP contribution in [-0.2, 0) is 17.6 Å². The summed E-state index contributed by atoms with van der Waals surface area (Å²) >= 11 is 2.40. The topological polar surface area (TPSA) is 49.6 Å². The molecule has 2 aromatic heterocycles. The number of fused-ring (bicyclic) bond motifs is 1. The molecule has 0 aliphatic carbocycles. The molecule has 1 atom stereocenters. The highest BCUT2D eigenvalue weighted by Crippen LogP contribution is 2.30. The normalized spacial score (nSPS) is 12.9. The van der Waals surface area contributed by atoms with Gasteiger partial charge in [-0.1, -0.05) is 11.2 Å². The third-order valence-corrected chi connectivity index (χ3v) is 3.93. The number of hydrogen-bond donors (Lipinski definition) is 0. The van der Waals surface area contributed by atoms with Gasteiger partial charge < -0.3 is 13.7 Å². The second-order valence-electron chi connectivity index (χ2n) is 4.04. The van der Waals surface area contributed by atoms with E-state index in [0.717, 1.165) is 5.69 Å². The summed E-state index contributed by atoms with van der Waals surface area (Å²) in [6, 6.07) is 0. The summed E-state index contributed by atoms with van der Waals surface area (Å²) in [5.74, 6) is 0.205. The molecule has 2 heterocycles. The number of hydrogen-bond acceptors (Lipinski definition) is 3. The Labute approximate surface area is 122 Å². The van der Waals surface area contributed by atoms with Crippen molar-refractivity contribution in [1.82, 2.24) is 9.38 Å². The van der Waals surface area contributed by atoms with Gasteiger partial charge in [-0.05, 0) is 22.9 Å². The minimum absolute atomic E-state index is 0.172. The van der Waals surface area contributed by atoms with Crippen LogP contribution in [0.2, 0.25) is 0 Å². The Hall–Kier alpha value is -0.790. The zero-order valence-corrected chi connectivity index (χ0v) is 13.1. The first kappa shape index (κ1) is 14.6. The molecule has 0 fully saturated rings. The van der Waals surface area contributed by atoms with Crippen LogP contribution in [0.3, 0.4) is 0 Å². The molecule has 2 aromatic rings. The third-order valence-electron chi connectivity index (χ3n) is 2.58. The molecule has 0 saturated carbocycles. The van der Waals surface area contributed by atoms with E-state index < -0.39 is 17.0 Å². The highest BCUT2D eigenvalue weighted by atomic mass is 79.9. The minimum atomic E-state index is -0.882. The van der Waals surface area contributed by atoms with E-state index >= 15 is 0 Å². The molecule has 0 aliphatic heterocycles. The van der Waals surface area contributed by atoms with Crippen molar-refractivity contribution in [3.63, 3.8) is 0 Å². The number of ether oxygens (including phenoxy) is 1. The molecule has 1 unspecified atom stereocenters. The van der Waals surface area contributed by atoms with Crippen LogP contribution in [-0.4, -0.2) is 32.6 Å². The van der Waals surface area contributed by atoms with Gasteiger partial charge in [0.15, 0.2) is 11.4 Å². The molecule has 0 aliphatic rings. The molecule has 104 valence electrons. The standard InChI is InChI=1S/C12H14BrFN2O2S/c1-3-18-11-9(13)7-16-6-8(4-5-19(2)17)15-12(16)10(11)14/h6-7H,3-5H2,1-2H3. The fourth-order valence-corrected chi connectivity index (χ4v) is 2.74. The van der Waals surface area contributed by atoms with E-state index in [9.17, 15) is 8.94 Å². The molecule has 0 spiro atoms. The predicted octanol–water partition coefficient (Wildman–Crippen LogP) is 2.56. The Morgan fingerprint density at radius 2 is 2.26 bits per heavy atom. The largest absolute Gasteiger partial charge is 0.617 e. The second kappa shape index (κ2) is 6.11. The first-order chi connectivity index (χ1) is 9.02. The van der Waals surface area contributed by atoms with Gasteiger partial charge in [0.1, 0.15) is 5.75 Å². The maximum absolute atomic E-state index is 14.2. The first-order valence-electron chi connectivity index (χ1n) is 5.81. The lowest BCUT2D eigenvalue weighted by Crippen LogP contribution is -2.05. The van der Waals surface area contributed by atoms with E-state index in [4.69, 9.17) is 4.74 Å². The van der Waals surface area contributed by atoms with Gasteiger partial charge in [0.25, 0.3) is 0 Å². The lowest BCUT2D eigenvalue weighted by atomic mass is 10.4. The summed E-state index contributed by atoms with van der Waals surface area (Å²) in [6.45, 7) is 2.18. The minimum Gasteiger partial charge on any atom is -0.617 e. The molecule has 2 rings (SSSR count). The van der Waals surface area contributed by atoms with Gasteiger partial charge in [-0.25, -0.2) is 4.98 Å². The number of aryl methyl sites for hydroxylation is 1. The van der Waals surface area contributed by atoms with Gasteiger partial charge >= 0.3 is 0 Å². The quantitative estimate of drug-likeness (QED) is 0.780.